The molecule has 0 spiro atoms. The number of nitrogens with one attached hydrogen (secondary N) is 1. The van der Waals surface area contributed by atoms with Crippen LogP contribution in [0.2, 0.25) is 0 Å². The molecule has 4 heteroatoms. The van der Waals surface area contributed by atoms with E-state index in [-0.39, 0.29) is 5.91 Å². The molecule has 1 aliphatic rings. The van der Waals surface area contributed by atoms with Crippen molar-refractivity contribution in [2.24, 2.45) is 11.1 Å². The quantitative estimate of drug-likeness (QED) is 0.429. The Labute approximate surface area is 102 Å². The first-order chi connectivity index (χ1) is 8.18. The Bertz CT molecular complexity index is 339. The van der Waals surface area contributed by atoms with Gasteiger partial charge < -0.3 is 15.8 Å². The van der Waals surface area contributed by atoms with Crippen molar-refractivity contribution in [1.29, 1.82) is 0 Å². The molecule has 0 unspecified atom stereocenters. The largest absolute Gasteiger partial charge is 0.333 e. The van der Waals surface area contributed by atoms with E-state index in [0.717, 1.165) is 6.29 Å². The molecule has 4 nitrogen and oxygen atoms in total. The second kappa shape index (κ2) is 7.57. The van der Waals surface area contributed by atoms with Crippen molar-refractivity contribution in [2.75, 3.05) is 7.05 Å². The van der Waals surface area contributed by atoms with Gasteiger partial charge in [0.25, 0.3) is 0 Å². The minimum atomic E-state index is -0.762. The van der Waals surface area contributed by atoms with Crippen LogP contribution in [-0.2, 0) is 9.59 Å². The van der Waals surface area contributed by atoms with Gasteiger partial charge in [-0.3, -0.25) is 4.79 Å². The van der Waals surface area contributed by atoms with Gasteiger partial charge in [0.2, 0.25) is 5.91 Å². The summed E-state index contributed by atoms with van der Waals surface area (Å²) in [7, 11) is 1.50. The Morgan fingerprint density at radius 3 is 2.35 bits per heavy atom. The van der Waals surface area contributed by atoms with Gasteiger partial charge in [0.1, 0.15) is 11.7 Å². The van der Waals surface area contributed by atoms with E-state index in [2.05, 4.69) is 17.6 Å². The molecule has 1 aliphatic carbocycles. The van der Waals surface area contributed by atoms with Crippen LogP contribution in [0.15, 0.2) is 36.6 Å². The van der Waals surface area contributed by atoms with Crippen LogP contribution >= 0.6 is 0 Å². The summed E-state index contributed by atoms with van der Waals surface area (Å²) in [6.45, 7) is 5.41. The Morgan fingerprint density at radius 2 is 2.00 bits per heavy atom. The first-order valence-corrected chi connectivity index (χ1v) is 5.49. The lowest BCUT2D eigenvalue weighted by Crippen LogP contribution is -2.31. The van der Waals surface area contributed by atoms with E-state index in [0.29, 0.717) is 18.5 Å². The standard InChI is InChI=1S/C12H15NO2.CH5N/c1-3-5-10(6-4-2)13-11(15)12(9-14)7-8-12;1-2/h3-6,9H,1,7-8H2,2H3,(H,13,15);2H2,1H3/b6-4-,10-5+;. The van der Waals surface area contributed by atoms with Gasteiger partial charge in [0.05, 0.1) is 0 Å². The first kappa shape index (κ1) is 15.3. The molecule has 0 radical (unpaired) electrons. The fourth-order valence-electron chi connectivity index (χ4n) is 1.23. The fraction of sp³-hybridized carbons (Fsp3) is 0.385. The summed E-state index contributed by atoms with van der Waals surface area (Å²) in [4.78, 5) is 22.4. The summed E-state index contributed by atoms with van der Waals surface area (Å²) < 4.78 is 0. The highest BCUT2D eigenvalue weighted by atomic mass is 16.2. The van der Waals surface area contributed by atoms with E-state index in [1.807, 2.05) is 13.0 Å². The molecular formula is C13H20N2O2. The molecule has 0 bridgehead atoms. The number of nitrogens with two attached hydrogens (primary N) is 1. The van der Waals surface area contributed by atoms with E-state index in [9.17, 15) is 9.59 Å². The number of allylic oxidation sites excluding steroid dienone is 4. The Hall–Kier alpha value is -1.68. The van der Waals surface area contributed by atoms with Crippen molar-refractivity contribution in [2.45, 2.75) is 19.8 Å². The molecule has 1 amide bonds. The van der Waals surface area contributed by atoms with Gasteiger partial charge in [-0.2, -0.15) is 0 Å². The molecule has 0 aromatic carbocycles. The summed E-state index contributed by atoms with van der Waals surface area (Å²) in [5.41, 5.74) is 4.40. The van der Waals surface area contributed by atoms with Crippen molar-refractivity contribution in [3.05, 3.63) is 36.6 Å². The van der Waals surface area contributed by atoms with E-state index in [1.54, 1.807) is 18.2 Å². The number of hydrogen-bond donors (Lipinski definition) is 2. The van der Waals surface area contributed by atoms with E-state index in [1.165, 1.54) is 7.05 Å². The van der Waals surface area contributed by atoms with Gasteiger partial charge in [-0.25, -0.2) is 0 Å². The molecule has 3 N–H and O–H groups in total. The van der Waals surface area contributed by atoms with Crippen LogP contribution in [-0.4, -0.2) is 19.2 Å². The van der Waals surface area contributed by atoms with Crippen molar-refractivity contribution < 1.29 is 9.59 Å². The minimum absolute atomic E-state index is 0.219. The molecule has 0 atom stereocenters. The lowest BCUT2D eigenvalue weighted by molar-refractivity contribution is -0.130. The number of carbonyl (C=O) groups is 2. The zero-order valence-corrected chi connectivity index (χ0v) is 10.4. The minimum Gasteiger partial charge on any atom is -0.333 e. The normalized spacial score (nSPS) is 16.8. The first-order valence-electron chi connectivity index (χ1n) is 5.49. The molecule has 1 saturated carbocycles. The molecule has 0 aliphatic heterocycles. The highest BCUT2D eigenvalue weighted by Crippen LogP contribution is 2.43. The number of carbonyl (C=O) groups excluding carboxylic acids is 2. The van der Waals surface area contributed by atoms with Gasteiger partial charge in [0, 0.05) is 5.70 Å². The average Bonchev–Trinajstić information content (AvgIpc) is 3.13. The molecule has 0 saturated heterocycles. The van der Waals surface area contributed by atoms with E-state index in [4.69, 9.17) is 0 Å². The van der Waals surface area contributed by atoms with Crippen molar-refractivity contribution in [3.8, 4) is 0 Å². The third-order valence-corrected chi connectivity index (χ3v) is 2.37. The van der Waals surface area contributed by atoms with Gasteiger partial charge in [-0.15, -0.1) is 0 Å². The van der Waals surface area contributed by atoms with Gasteiger partial charge in [0.15, 0.2) is 0 Å². The van der Waals surface area contributed by atoms with Crippen LogP contribution in [0.5, 0.6) is 0 Å². The van der Waals surface area contributed by atoms with Crippen molar-refractivity contribution >= 4 is 12.2 Å². The van der Waals surface area contributed by atoms with Crippen LogP contribution in [0.1, 0.15) is 19.8 Å². The van der Waals surface area contributed by atoms with Crippen LogP contribution in [0, 0.1) is 5.41 Å². The van der Waals surface area contributed by atoms with Crippen molar-refractivity contribution in [1.82, 2.24) is 5.32 Å². The third kappa shape index (κ3) is 4.36. The topological polar surface area (TPSA) is 72.2 Å². The number of amides is 1. The number of aldehydes is 1. The van der Waals surface area contributed by atoms with Crippen LogP contribution in [0.4, 0.5) is 0 Å². The molecule has 17 heavy (non-hydrogen) atoms. The fourth-order valence-corrected chi connectivity index (χ4v) is 1.23. The van der Waals surface area contributed by atoms with Gasteiger partial charge in [-0.1, -0.05) is 18.7 Å². The predicted molar refractivity (Wildman–Crippen MR) is 69.1 cm³/mol. The number of hydrogen-bond acceptors (Lipinski definition) is 3. The zero-order chi connectivity index (χ0) is 13.3. The second-order valence-corrected chi connectivity index (χ2v) is 3.59. The number of rotatable bonds is 5. The summed E-state index contributed by atoms with van der Waals surface area (Å²) in [6.07, 6.45) is 8.91. The zero-order valence-electron chi connectivity index (χ0n) is 10.4. The van der Waals surface area contributed by atoms with Gasteiger partial charge >= 0.3 is 0 Å². The maximum Gasteiger partial charge on any atom is 0.237 e. The summed E-state index contributed by atoms with van der Waals surface area (Å²) in [6, 6.07) is 0. The SMILES string of the molecule is C=C/C=C(\C=C/C)NC(=O)C1(C=O)CC1.CN. The lowest BCUT2D eigenvalue weighted by Gasteiger charge is -2.09. The summed E-state index contributed by atoms with van der Waals surface area (Å²) in [5.74, 6) is -0.219. The van der Waals surface area contributed by atoms with E-state index >= 15 is 0 Å². The average molecular weight is 236 g/mol. The maximum absolute atomic E-state index is 11.7. The molecule has 0 aromatic rings. The Kier molecular flexibility index (Phi) is 6.82. The van der Waals surface area contributed by atoms with Crippen molar-refractivity contribution in [3.63, 3.8) is 0 Å². The lowest BCUT2D eigenvalue weighted by atomic mass is 10.1. The molecular weight excluding hydrogens is 216 g/mol. The molecule has 0 aromatic heterocycles. The Morgan fingerprint density at radius 1 is 1.41 bits per heavy atom. The summed E-state index contributed by atoms with van der Waals surface area (Å²) >= 11 is 0. The highest BCUT2D eigenvalue weighted by Gasteiger charge is 2.50. The van der Waals surface area contributed by atoms with Crippen LogP contribution in [0.25, 0.3) is 0 Å². The van der Waals surface area contributed by atoms with Crippen LogP contribution in [0.3, 0.4) is 0 Å². The summed E-state index contributed by atoms with van der Waals surface area (Å²) in [5, 5.41) is 2.71. The predicted octanol–water partition coefficient (Wildman–Crippen LogP) is 1.30. The molecule has 1 rings (SSSR count). The molecule has 0 heterocycles. The Balaban J connectivity index is 0.00000121. The monoisotopic (exact) mass is 236 g/mol. The molecule has 1 fully saturated rings. The van der Waals surface area contributed by atoms with Gasteiger partial charge in [-0.05, 0) is 39.0 Å². The van der Waals surface area contributed by atoms with E-state index < -0.39 is 5.41 Å². The second-order valence-electron chi connectivity index (χ2n) is 3.59. The van der Waals surface area contributed by atoms with Crippen LogP contribution < -0.4 is 11.1 Å². The molecule has 94 valence electrons. The highest BCUT2D eigenvalue weighted by molar-refractivity contribution is 6.00. The maximum atomic E-state index is 11.7. The smallest absolute Gasteiger partial charge is 0.237 e. The third-order valence-electron chi connectivity index (χ3n) is 2.37.